The maximum absolute atomic E-state index is 12.0. The maximum atomic E-state index is 12.0. The zero-order valence-electron chi connectivity index (χ0n) is 12.8. The number of rotatable bonds is 4. The van der Waals surface area contributed by atoms with Crippen molar-refractivity contribution in [3.63, 3.8) is 0 Å². The molecule has 4 rings (SSSR count). The van der Waals surface area contributed by atoms with Crippen molar-refractivity contribution in [2.24, 2.45) is 4.99 Å². The fourth-order valence-corrected chi connectivity index (χ4v) is 4.18. The number of thiophene rings is 1. The number of carbonyl (C=O) groups is 1. The molecule has 1 N–H and O–H groups in total. The Balaban J connectivity index is 1.41. The van der Waals surface area contributed by atoms with Crippen LogP contribution in [0.2, 0.25) is 0 Å². The Labute approximate surface area is 148 Å². The number of aliphatic imine (C=N–C) groups is 1. The second kappa shape index (κ2) is 6.67. The lowest BCUT2D eigenvalue weighted by molar-refractivity contribution is -0.111. The monoisotopic (exact) mass is 353 g/mol. The van der Waals surface area contributed by atoms with E-state index in [4.69, 9.17) is 0 Å². The van der Waals surface area contributed by atoms with Gasteiger partial charge in [0, 0.05) is 28.6 Å². The Bertz CT molecular complexity index is 836. The summed E-state index contributed by atoms with van der Waals surface area (Å²) in [4.78, 5) is 19.7. The van der Waals surface area contributed by atoms with Gasteiger partial charge in [-0.25, -0.2) is 0 Å². The molecule has 2 aliphatic rings. The number of carbonyl (C=O) groups excluding carboxylic acids is 1. The van der Waals surface area contributed by atoms with E-state index in [-0.39, 0.29) is 5.91 Å². The molecule has 4 nitrogen and oxygen atoms in total. The molecular weight excluding hydrogens is 338 g/mol. The Morgan fingerprint density at radius 1 is 1.25 bits per heavy atom. The molecule has 0 spiro atoms. The number of nitrogens with zero attached hydrogens (tertiary/aromatic N) is 2. The molecule has 1 amide bonds. The lowest BCUT2D eigenvalue weighted by Gasteiger charge is -2.16. The van der Waals surface area contributed by atoms with Gasteiger partial charge in [0.2, 0.25) is 5.91 Å². The summed E-state index contributed by atoms with van der Waals surface area (Å²) in [5, 5.41) is 8.09. The Morgan fingerprint density at radius 2 is 2.12 bits per heavy atom. The molecule has 0 atom stereocenters. The minimum Gasteiger partial charge on any atom is -0.323 e. The molecule has 0 unspecified atom stereocenters. The Kier molecular flexibility index (Phi) is 4.23. The van der Waals surface area contributed by atoms with Crippen LogP contribution in [-0.2, 0) is 4.79 Å². The topological polar surface area (TPSA) is 44.7 Å². The number of fused-ring (bicyclic) bond motifs is 1. The highest BCUT2D eigenvalue weighted by molar-refractivity contribution is 8.16. The van der Waals surface area contributed by atoms with Gasteiger partial charge in [0.1, 0.15) is 0 Å². The van der Waals surface area contributed by atoms with E-state index in [1.54, 1.807) is 29.2 Å². The molecule has 120 valence electrons. The quantitative estimate of drug-likeness (QED) is 0.841. The van der Waals surface area contributed by atoms with Crippen molar-refractivity contribution in [2.75, 3.05) is 18.4 Å². The minimum absolute atomic E-state index is 0.124. The second-order valence-corrected chi connectivity index (χ2v) is 7.17. The number of thioether (sulfide) groups is 1. The van der Waals surface area contributed by atoms with Crippen molar-refractivity contribution in [2.45, 2.75) is 0 Å². The summed E-state index contributed by atoms with van der Waals surface area (Å²) < 4.78 is 0. The van der Waals surface area contributed by atoms with Gasteiger partial charge in [0.15, 0.2) is 5.17 Å². The molecule has 1 aromatic heterocycles. The van der Waals surface area contributed by atoms with Gasteiger partial charge < -0.3 is 10.2 Å². The fourth-order valence-electron chi connectivity index (χ4n) is 2.60. The van der Waals surface area contributed by atoms with E-state index in [0.717, 1.165) is 34.4 Å². The number of anilines is 1. The number of amidine groups is 1. The van der Waals surface area contributed by atoms with Crippen molar-refractivity contribution in [3.05, 3.63) is 63.7 Å². The average molecular weight is 353 g/mol. The summed E-state index contributed by atoms with van der Waals surface area (Å²) in [6.07, 6.45) is 3.38. The van der Waals surface area contributed by atoms with Gasteiger partial charge in [-0.1, -0.05) is 30.0 Å². The normalized spacial score (nSPS) is 16.2. The number of hydrogen-bond acceptors (Lipinski definition) is 5. The molecule has 1 aromatic carbocycles. The van der Waals surface area contributed by atoms with E-state index in [2.05, 4.69) is 20.6 Å². The Hall–Kier alpha value is -2.31. The van der Waals surface area contributed by atoms with Crippen molar-refractivity contribution >= 4 is 51.6 Å². The number of nitrogens with one attached hydrogen (secondary N) is 1. The van der Waals surface area contributed by atoms with Crippen LogP contribution < -0.4 is 5.32 Å². The van der Waals surface area contributed by atoms with Crippen LogP contribution >= 0.6 is 23.1 Å². The van der Waals surface area contributed by atoms with Crippen LogP contribution in [0.3, 0.4) is 0 Å². The highest BCUT2D eigenvalue weighted by atomic mass is 32.2. The van der Waals surface area contributed by atoms with Gasteiger partial charge in [0.05, 0.1) is 12.2 Å². The molecule has 3 heterocycles. The fraction of sp³-hybridized carbons (Fsp3) is 0.111. The van der Waals surface area contributed by atoms with Gasteiger partial charge >= 0.3 is 0 Å². The molecule has 0 bridgehead atoms. The molecule has 0 saturated heterocycles. The van der Waals surface area contributed by atoms with E-state index in [9.17, 15) is 4.79 Å². The van der Waals surface area contributed by atoms with E-state index < -0.39 is 0 Å². The first-order valence-electron chi connectivity index (χ1n) is 7.61. The molecule has 0 aliphatic carbocycles. The van der Waals surface area contributed by atoms with Crippen molar-refractivity contribution in [1.29, 1.82) is 0 Å². The van der Waals surface area contributed by atoms with Crippen molar-refractivity contribution < 1.29 is 4.79 Å². The third kappa shape index (κ3) is 3.16. The molecule has 24 heavy (non-hydrogen) atoms. The molecule has 2 aliphatic heterocycles. The van der Waals surface area contributed by atoms with Crippen LogP contribution in [-0.4, -0.2) is 29.1 Å². The minimum atomic E-state index is -0.124. The molecule has 0 saturated carbocycles. The highest BCUT2D eigenvalue weighted by Gasteiger charge is 2.26. The van der Waals surface area contributed by atoms with Crippen LogP contribution in [0.25, 0.3) is 11.8 Å². The Morgan fingerprint density at radius 3 is 2.92 bits per heavy atom. The third-order valence-electron chi connectivity index (χ3n) is 3.76. The van der Waals surface area contributed by atoms with E-state index in [1.165, 1.54) is 5.70 Å². The van der Waals surface area contributed by atoms with Gasteiger partial charge in [-0.15, -0.1) is 11.3 Å². The van der Waals surface area contributed by atoms with E-state index in [1.807, 2.05) is 47.9 Å². The average Bonchev–Trinajstić information content (AvgIpc) is 3.32. The smallest absolute Gasteiger partial charge is 0.248 e. The largest absolute Gasteiger partial charge is 0.323 e. The van der Waals surface area contributed by atoms with Gasteiger partial charge in [-0.3, -0.25) is 9.79 Å². The van der Waals surface area contributed by atoms with Crippen LogP contribution in [0.4, 0.5) is 5.69 Å². The summed E-state index contributed by atoms with van der Waals surface area (Å²) in [6, 6.07) is 11.9. The summed E-state index contributed by atoms with van der Waals surface area (Å²) >= 11 is 3.28. The highest BCUT2D eigenvalue weighted by Crippen LogP contribution is 2.35. The zero-order valence-corrected chi connectivity index (χ0v) is 14.4. The predicted molar refractivity (Wildman–Crippen MR) is 103 cm³/mol. The number of hydrogen-bond donors (Lipinski definition) is 1. The number of amides is 1. The van der Waals surface area contributed by atoms with E-state index >= 15 is 0 Å². The summed E-state index contributed by atoms with van der Waals surface area (Å²) in [5.41, 5.74) is 3.12. The van der Waals surface area contributed by atoms with E-state index in [0.29, 0.717) is 0 Å². The van der Waals surface area contributed by atoms with Crippen LogP contribution in [0.15, 0.2) is 58.3 Å². The summed E-state index contributed by atoms with van der Waals surface area (Å²) in [7, 11) is 0. The second-order valence-electron chi connectivity index (χ2n) is 5.35. The lowest BCUT2D eigenvalue weighted by atomic mass is 10.1. The van der Waals surface area contributed by atoms with Gasteiger partial charge in [-0.2, -0.15) is 0 Å². The van der Waals surface area contributed by atoms with Crippen molar-refractivity contribution in [3.8, 4) is 0 Å². The molecule has 0 fully saturated rings. The molecule has 2 aromatic rings. The van der Waals surface area contributed by atoms with Crippen LogP contribution in [0.1, 0.15) is 10.4 Å². The maximum Gasteiger partial charge on any atom is 0.248 e. The summed E-state index contributed by atoms with van der Waals surface area (Å²) in [5.74, 6) is -0.124. The van der Waals surface area contributed by atoms with Crippen LogP contribution in [0.5, 0.6) is 0 Å². The zero-order chi connectivity index (χ0) is 16.4. The first-order chi connectivity index (χ1) is 11.8. The molecular formula is C18H15N3OS2. The predicted octanol–water partition coefficient (Wildman–Crippen LogP) is 4.12. The molecule has 0 radical (unpaired) electrons. The van der Waals surface area contributed by atoms with Gasteiger partial charge in [0.25, 0.3) is 0 Å². The SMILES string of the molecule is O=C(C=Cc1cccs1)Nc1ccc(C2=CSC3=NCCN23)cc1. The first kappa shape index (κ1) is 15.2. The standard InChI is InChI=1S/C18H15N3OS2/c22-17(8-7-15-2-1-11-23-15)20-14-5-3-13(4-6-14)16-12-24-18-19-9-10-21(16)18/h1-8,11-12H,9-10H2,(H,20,22). The van der Waals surface area contributed by atoms with Crippen molar-refractivity contribution in [1.82, 2.24) is 4.90 Å². The third-order valence-corrected chi connectivity index (χ3v) is 5.50. The molecule has 6 heteroatoms. The lowest BCUT2D eigenvalue weighted by Crippen LogP contribution is -2.19. The number of benzene rings is 1. The summed E-state index contributed by atoms with van der Waals surface area (Å²) in [6.45, 7) is 1.81. The van der Waals surface area contributed by atoms with Gasteiger partial charge in [-0.05, 0) is 35.2 Å². The van der Waals surface area contributed by atoms with Crippen LogP contribution in [0, 0.1) is 0 Å². The first-order valence-corrected chi connectivity index (χ1v) is 9.37.